The number of nitrogens with zero attached hydrogens (tertiary/aromatic N) is 2. The Morgan fingerprint density at radius 2 is 1.04 bits per heavy atom. The van der Waals surface area contributed by atoms with Crippen molar-refractivity contribution in [1.29, 1.82) is 0 Å². The fourth-order valence-electron chi connectivity index (χ4n) is 8.45. The van der Waals surface area contributed by atoms with Crippen LogP contribution in [0.4, 0.5) is 0 Å². The molecule has 2 aliphatic rings. The first kappa shape index (κ1) is 28.2. The summed E-state index contributed by atoms with van der Waals surface area (Å²) in [5.41, 5.74) is 18.5. The Kier molecular flexibility index (Phi) is 5.69. The van der Waals surface area contributed by atoms with E-state index in [4.69, 9.17) is 14.4 Å². The van der Waals surface area contributed by atoms with E-state index >= 15 is 0 Å². The second kappa shape index (κ2) is 9.87. The number of rotatable bonds is 3. The molecule has 2 aromatic heterocycles. The smallest absolute Gasteiger partial charge is 0.180 e. The van der Waals surface area contributed by atoms with Gasteiger partial charge in [-0.15, -0.1) is 0 Å². The summed E-state index contributed by atoms with van der Waals surface area (Å²) in [4.78, 5) is 10.1. The van der Waals surface area contributed by atoms with Crippen LogP contribution in [0, 0.1) is 0 Å². The molecule has 0 fully saturated rings. The van der Waals surface area contributed by atoms with Gasteiger partial charge in [-0.3, -0.25) is 0 Å². The molecule has 0 unspecified atom stereocenters. The van der Waals surface area contributed by atoms with Gasteiger partial charge in [0.1, 0.15) is 16.8 Å². The number of benzene rings is 6. The second-order valence-electron chi connectivity index (χ2n) is 14.6. The zero-order valence-corrected chi connectivity index (χ0v) is 28.0. The molecule has 0 spiro atoms. The summed E-state index contributed by atoms with van der Waals surface area (Å²) in [5.74, 6) is 0.691. The fourth-order valence-corrected chi connectivity index (χ4v) is 8.45. The van der Waals surface area contributed by atoms with Crippen molar-refractivity contribution in [3.8, 4) is 56.0 Å². The predicted molar refractivity (Wildman–Crippen MR) is 201 cm³/mol. The lowest BCUT2D eigenvalue weighted by atomic mass is 9.79. The molecule has 49 heavy (non-hydrogen) atoms. The zero-order valence-electron chi connectivity index (χ0n) is 28.0. The van der Waals surface area contributed by atoms with Crippen LogP contribution in [0.15, 0.2) is 138 Å². The highest BCUT2D eigenvalue weighted by Crippen LogP contribution is 2.56. The predicted octanol–water partition coefficient (Wildman–Crippen LogP) is 12.0. The van der Waals surface area contributed by atoms with Gasteiger partial charge >= 0.3 is 0 Å². The molecule has 0 N–H and O–H groups in total. The normalized spacial score (nSPS) is 14.9. The van der Waals surface area contributed by atoms with Gasteiger partial charge in [0.15, 0.2) is 11.4 Å². The minimum absolute atomic E-state index is 0.0338. The maximum Gasteiger partial charge on any atom is 0.180 e. The molecule has 0 radical (unpaired) electrons. The molecule has 3 heteroatoms. The molecular weight excluding hydrogens is 597 g/mol. The van der Waals surface area contributed by atoms with Gasteiger partial charge < -0.3 is 4.42 Å². The van der Waals surface area contributed by atoms with Crippen molar-refractivity contribution in [2.24, 2.45) is 0 Å². The van der Waals surface area contributed by atoms with Crippen LogP contribution in [0.3, 0.4) is 0 Å². The molecule has 0 bridgehead atoms. The van der Waals surface area contributed by atoms with Gasteiger partial charge in [-0.05, 0) is 86.0 Å². The summed E-state index contributed by atoms with van der Waals surface area (Å²) in [6.45, 7) is 9.47. The molecule has 234 valence electrons. The van der Waals surface area contributed by atoms with E-state index in [-0.39, 0.29) is 10.8 Å². The highest BCUT2D eigenvalue weighted by atomic mass is 16.3. The average molecular weight is 631 g/mol. The molecule has 0 saturated carbocycles. The first-order valence-electron chi connectivity index (χ1n) is 17.1. The molecule has 6 aromatic carbocycles. The Labute approximate surface area is 285 Å². The van der Waals surface area contributed by atoms with Crippen molar-refractivity contribution >= 4 is 22.1 Å². The minimum atomic E-state index is -0.0782. The highest BCUT2D eigenvalue weighted by Gasteiger charge is 2.41. The summed E-state index contributed by atoms with van der Waals surface area (Å²) >= 11 is 0. The van der Waals surface area contributed by atoms with Crippen molar-refractivity contribution < 1.29 is 4.42 Å². The van der Waals surface area contributed by atoms with Gasteiger partial charge in [-0.25, -0.2) is 9.97 Å². The Hall–Kier alpha value is -5.80. The van der Waals surface area contributed by atoms with Crippen LogP contribution >= 0.6 is 0 Å². The first-order valence-corrected chi connectivity index (χ1v) is 17.1. The van der Waals surface area contributed by atoms with E-state index < -0.39 is 0 Å². The molecule has 2 aliphatic carbocycles. The SMILES string of the molecule is CC1(C)c2ccccc2-c2cc3c(cc21)-c1cc(-c2ccc(-c4nc(-c5ccccc5)nc5c4oc4ccccc45)cc2)ccc1C3(C)C. The zero-order chi connectivity index (χ0) is 33.1. The van der Waals surface area contributed by atoms with Gasteiger partial charge in [0.2, 0.25) is 0 Å². The Morgan fingerprint density at radius 3 is 1.82 bits per heavy atom. The molecule has 3 nitrogen and oxygen atoms in total. The first-order chi connectivity index (χ1) is 23.8. The lowest BCUT2D eigenvalue weighted by Crippen LogP contribution is -2.16. The standard InChI is InChI=1S/C46H34N2O/c1-45(2)36-16-10-8-14-31(36)34-25-39-35(26-38(34)45)33-24-30(22-23-37(33)46(39,3)4)27-18-20-28(21-19-27)41-43-42(32-15-9-11-17-40(32)49-43)48-44(47-41)29-12-6-5-7-13-29/h5-26H,1-4H3. The minimum Gasteiger partial charge on any atom is -0.452 e. The number of para-hydroxylation sites is 1. The summed E-state index contributed by atoms with van der Waals surface area (Å²) in [5, 5.41) is 0.995. The molecule has 0 amide bonds. The van der Waals surface area contributed by atoms with Crippen LogP contribution in [0.5, 0.6) is 0 Å². The Morgan fingerprint density at radius 1 is 0.449 bits per heavy atom. The van der Waals surface area contributed by atoms with Crippen molar-refractivity contribution in [1.82, 2.24) is 9.97 Å². The third-order valence-electron chi connectivity index (χ3n) is 11.1. The van der Waals surface area contributed by atoms with Crippen molar-refractivity contribution in [3.63, 3.8) is 0 Å². The summed E-state index contributed by atoms with van der Waals surface area (Å²) in [6, 6.07) is 47.9. The van der Waals surface area contributed by atoms with Crippen molar-refractivity contribution in [2.75, 3.05) is 0 Å². The summed E-state index contributed by atoms with van der Waals surface area (Å²) in [7, 11) is 0. The quantitative estimate of drug-likeness (QED) is 0.195. The Bertz CT molecular complexity index is 2640. The molecule has 0 aliphatic heterocycles. The van der Waals surface area contributed by atoms with Crippen LogP contribution in [-0.2, 0) is 10.8 Å². The van der Waals surface area contributed by atoms with Crippen LogP contribution in [0.25, 0.3) is 78.1 Å². The molecule has 10 rings (SSSR count). The van der Waals surface area contributed by atoms with Crippen molar-refractivity contribution in [3.05, 3.63) is 156 Å². The van der Waals surface area contributed by atoms with Gasteiger partial charge in [-0.2, -0.15) is 0 Å². The third-order valence-corrected chi connectivity index (χ3v) is 11.1. The topological polar surface area (TPSA) is 38.9 Å². The van der Waals surface area contributed by atoms with Gasteiger partial charge in [0.05, 0.1) is 0 Å². The van der Waals surface area contributed by atoms with E-state index in [1.54, 1.807) is 0 Å². The van der Waals surface area contributed by atoms with E-state index in [0.717, 1.165) is 33.3 Å². The largest absolute Gasteiger partial charge is 0.452 e. The lowest BCUT2D eigenvalue weighted by Gasteiger charge is -2.24. The fraction of sp³-hybridized carbons (Fsp3) is 0.130. The molecule has 0 atom stereocenters. The number of hydrogen-bond acceptors (Lipinski definition) is 3. The molecular formula is C46H34N2O. The van der Waals surface area contributed by atoms with Gasteiger partial charge in [0, 0.05) is 27.3 Å². The third kappa shape index (κ3) is 3.96. The molecule has 2 heterocycles. The van der Waals surface area contributed by atoms with E-state index in [9.17, 15) is 0 Å². The Balaban J connectivity index is 1.08. The number of hydrogen-bond donors (Lipinski definition) is 0. The van der Waals surface area contributed by atoms with E-state index in [1.807, 2.05) is 36.4 Å². The number of aromatic nitrogens is 2. The average Bonchev–Trinajstić information content (AvgIpc) is 3.70. The second-order valence-corrected chi connectivity index (χ2v) is 14.6. The highest BCUT2D eigenvalue weighted by molar-refractivity contribution is 6.07. The number of fused-ring (bicyclic) bond motifs is 9. The summed E-state index contributed by atoms with van der Waals surface area (Å²) in [6.07, 6.45) is 0. The van der Waals surface area contributed by atoms with Crippen LogP contribution in [0.2, 0.25) is 0 Å². The van der Waals surface area contributed by atoms with E-state index in [1.165, 1.54) is 55.6 Å². The maximum absolute atomic E-state index is 6.39. The molecule has 0 saturated heterocycles. The van der Waals surface area contributed by atoms with Gasteiger partial charge in [0.25, 0.3) is 0 Å². The molecule has 8 aromatic rings. The number of furan rings is 1. The maximum atomic E-state index is 6.39. The van der Waals surface area contributed by atoms with Gasteiger partial charge in [-0.1, -0.05) is 131 Å². The lowest BCUT2D eigenvalue weighted by molar-refractivity contribution is 0.652. The van der Waals surface area contributed by atoms with E-state index in [0.29, 0.717) is 11.4 Å². The van der Waals surface area contributed by atoms with Crippen LogP contribution in [-0.4, -0.2) is 9.97 Å². The van der Waals surface area contributed by atoms with Crippen LogP contribution in [0.1, 0.15) is 49.9 Å². The van der Waals surface area contributed by atoms with E-state index in [2.05, 4.69) is 125 Å². The summed E-state index contributed by atoms with van der Waals surface area (Å²) < 4.78 is 6.39. The van der Waals surface area contributed by atoms with Crippen molar-refractivity contribution in [2.45, 2.75) is 38.5 Å². The monoisotopic (exact) mass is 630 g/mol. The van der Waals surface area contributed by atoms with Crippen LogP contribution < -0.4 is 0 Å².